The SMILES string of the molecule is CC.CC(C)N(C)C1CCN(C)CC1.CC1CCCCC1. The molecule has 0 radical (unpaired) electrons. The first-order chi connectivity index (χ1) is 10.0. The Hall–Kier alpha value is -0.0800. The van der Waals surface area contributed by atoms with Crippen molar-refractivity contribution in [1.82, 2.24) is 9.80 Å². The van der Waals surface area contributed by atoms with Crippen molar-refractivity contribution in [2.75, 3.05) is 27.2 Å². The van der Waals surface area contributed by atoms with Crippen molar-refractivity contribution < 1.29 is 0 Å². The molecule has 0 aromatic heterocycles. The first-order valence-corrected chi connectivity index (χ1v) is 9.41. The van der Waals surface area contributed by atoms with E-state index in [-0.39, 0.29) is 0 Å². The predicted molar refractivity (Wildman–Crippen MR) is 97.0 cm³/mol. The van der Waals surface area contributed by atoms with Crippen LogP contribution in [-0.4, -0.2) is 49.1 Å². The summed E-state index contributed by atoms with van der Waals surface area (Å²) in [5, 5.41) is 0. The average Bonchev–Trinajstić information content (AvgIpc) is 2.51. The van der Waals surface area contributed by atoms with E-state index >= 15 is 0 Å². The molecule has 1 aliphatic carbocycles. The standard InChI is InChI=1S/C10H22N2.C7H14.C2H6/c1-9(2)12(4)10-5-7-11(3)8-6-10;1-7-5-3-2-4-6-7;1-2/h9-10H,5-8H2,1-4H3;7H,2-6H2,1H3;1-2H3. The Balaban J connectivity index is 0.000000377. The highest BCUT2D eigenvalue weighted by Crippen LogP contribution is 2.22. The van der Waals surface area contributed by atoms with Crippen LogP contribution < -0.4 is 0 Å². The Morgan fingerprint density at radius 1 is 0.905 bits per heavy atom. The summed E-state index contributed by atoms with van der Waals surface area (Å²) in [5.41, 5.74) is 0. The van der Waals surface area contributed by atoms with Gasteiger partial charge < -0.3 is 9.80 Å². The van der Waals surface area contributed by atoms with Gasteiger partial charge in [-0.25, -0.2) is 0 Å². The molecule has 1 saturated carbocycles. The minimum absolute atomic E-state index is 0.693. The molecule has 0 N–H and O–H groups in total. The van der Waals surface area contributed by atoms with Crippen LogP contribution in [0.1, 0.15) is 79.6 Å². The van der Waals surface area contributed by atoms with Crippen LogP contribution in [0, 0.1) is 5.92 Å². The molecule has 1 heterocycles. The number of hydrogen-bond donors (Lipinski definition) is 0. The lowest BCUT2D eigenvalue weighted by Crippen LogP contribution is -2.44. The summed E-state index contributed by atoms with van der Waals surface area (Å²) < 4.78 is 0. The predicted octanol–water partition coefficient (Wildman–Crippen LogP) is 5.03. The molecule has 0 amide bonds. The molecule has 0 aromatic rings. The summed E-state index contributed by atoms with van der Waals surface area (Å²) >= 11 is 0. The van der Waals surface area contributed by atoms with E-state index in [1.807, 2.05) is 13.8 Å². The molecular weight excluding hydrogens is 256 g/mol. The van der Waals surface area contributed by atoms with Crippen molar-refractivity contribution in [2.45, 2.75) is 91.6 Å². The molecule has 21 heavy (non-hydrogen) atoms. The number of hydrogen-bond acceptors (Lipinski definition) is 2. The van der Waals surface area contributed by atoms with E-state index in [1.54, 1.807) is 0 Å². The Morgan fingerprint density at radius 2 is 1.38 bits per heavy atom. The third-order valence-electron chi connectivity index (χ3n) is 4.97. The smallest absolute Gasteiger partial charge is 0.0119 e. The van der Waals surface area contributed by atoms with Crippen LogP contribution in [0.5, 0.6) is 0 Å². The topological polar surface area (TPSA) is 6.48 Å². The second-order valence-corrected chi connectivity index (χ2v) is 7.04. The molecule has 128 valence electrons. The lowest BCUT2D eigenvalue weighted by molar-refractivity contribution is 0.120. The maximum absolute atomic E-state index is 2.51. The molecule has 2 nitrogen and oxygen atoms in total. The summed E-state index contributed by atoms with van der Waals surface area (Å²) in [6.07, 6.45) is 10.1. The highest BCUT2D eigenvalue weighted by atomic mass is 15.2. The van der Waals surface area contributed by atoms with E-state index in [1.165, 1.54) is 58.0 Å². The molecule has 0 aromatic carbocycles. The maximum atomic E-state index is 2.51. The Morgan fingerprint density at radius 3 is 1.71 bits per heavy atom. The fourth-order valence-corrected chi connectivity index (χ4v) is 3.13. The number of nitrogens with zero attached hydrogens (tertiary/aromatic N) is 2. The molecule has 2 aliphatic rings. The van der Waals surface area contributed by atoms with E-state index < -0.39 is 0 Å². The highest BCUT2D eigenvalue weighted by Gasteiger charge is 2.21. The summed E-state index contributed by atoms with van der Waals surface area (Å²) in [5.74, 6) is 1.04. The van der Waals surface area contributed by atoms with Crippen molar-refractivity contribution in [3.63, 3.8) is 0 Å². The zero-order valence-electron chi connectivity index (χ0n) is 16.0. The summed E-state index contributed by atoms with van der Waals surface area (Å²) in [4.78, 5) is 4.93. The average molecular weight is 299 g/mol. The quantitative estimate of drug-likeness (QED) is 0.705. The van der Waals surface area contributed by atoms with Gasteiger partial charge in [0.2, 0.25) is 0 Å². The number of likely N-dealkylation sites (tertiary alicyclic amines) is 1. The van der Waals surface area contributed by atoms with Crippen LogP contribution >= 0.6 is 0 Å². The van der Waals surface area contributed by atoms with Crippen LogP contribution in [0.25, 0.3) is 0 Å². The minimum Gasteiger partial charge on any atom is -0.306 e. The first kappa shape index (κ1) is 20.9. The summed E-state index contributed by atoms with van der Waals surface area (Å²) in [6, 6.07) is 1.51. The molecular formula is C19H42N2. The molecule has 0 spiro atoms. The third kappa shape index (κ3) is 9.52. The van der Waals surface area contributed by atoms with Gasteiger partial charge in [0.25, 0.3) is 0 Å². The Labute approximate surface area is 135 Å². The first-order valence-electron chi connectivity index (χ1n) is 9.41. The van der Waals surface area contributed by atoms with Crippen LogP contribution in [0.3, 0.4) is 0 Å². The third-order valence-corrected chi connectivity index (χ3v) is 4.97. The van der Waals surface area contributed by atoms with E-state index in [0.717, 1.165) is 12.0 Å². The molecule has 0 atom stereocenters. The normalized spacial score (nSPS) is 21.6. The molecule has 0 bridgehead atoms. The highest BCUT2D eigenvalue weighted by molar-refractivity contribution is 4.78. The van der Waals surface area contributed by atoms with Gasteiger partial charge in [0.05, 0.1) is 0 Å². The lowest BCUT2D eigenvalue weighted by Gasteiger charge is -2.37. The largest absolute Gasteiger partial charge is 0.306 e. The van der Waals surface area contributed by atoms with Gasteiger partial charge in [-0.1, -0.05) is 52.9 Å². The van der Waals surface area contributed by atoms with Gasteiger partial charge in [-0.05, 0) is 59.8 Å². The van der Waals surface area contributed by atoms with Crippen molar-refractivity contribution in [2.24, 2.45) is 5.92 Å². The van der Waals surface area contributed by atoms with Crippen molar-refractivity contribution in [1.29, 1.82) is 0 Å². The number of piperidine rings is 1. The van der Waals surface area contributed by atoms with Gasteiger partial charge in [0, 0.05) is 12.1 Å². The van der Waals surface area contributed by atoms with Gasteiger partial charge in [-0.15, -0.1) is 0 Å². The van der Waals surface area contributed by atoms with E-state index in [2.05, 4.69) is 44.7 Å². The van der Waals surface area contributed by atoms with Crippen molar-refractivity contribution in [3.8, 4) is 0 Å². The maximum Gasteiger partial charge on any atom is 0.0119 e. The van der Waals surface area contributed by atoms with Gasteiger partial charge in [0.15, 0.2) is 0 Å². The number of rotatable bonds is 2. The minimum atomic E-state index is 0.693. The molecule has 2 fully saturated rings. The van der Waals surface area contributed by atoms with E-state index in [0.29, 0.717) is 6.04 Å². The zero-order valence-corrected chi connectivity index (χ0v) is 16.0. The zero-order chi connectivity index (χ0) is 16.3. The van der Waals surface area contributed by atoms with Crippen LogP contribution in [0.15, 0.2) is 0 Å². The summed E-state index contributed by atoms with van der Waals surface area (Å²) in [7, 11) is 4.46. The molecule has 2 heteroatoms. The van der Waals surface area contributed by atoms with E-state index in [4.69, 9.17) is 0 Å². The monoisotopic (exact) mass is 298 g/mol. The fourth-order valence-electron chi connectivity index (χ4n) is 3.13. The molecule has 0 unspecified atom stereocenters. The second-order valence-electron chi connectivity index (χ2n) is 7.04. The molecule has 1 saturated heterocycles. The molecule has 1 aliphatic heterocycles. The van der Waals surface area contributed by atoms with Gasteiger partial charge in [-0.2, -0.15) is 0 Å². The van der Waals surface area contributed by atoms with Gasteiger partial charge in [0.1, 0.15) is 0 Å². The van der Waals surface area contributed by atoms with Crippen molar-refractivity contribution >= 4 is 0 Å². The van der Waals surface area contributed by atoms with E-state index in [9.17, 15) is 0 Å². The van der Waals surface area contributed by atoms with Gasteiger partial charge in [-0.3, -0.25) is 0 Å². The van der Waals surface area contributed by atoms with Crippen LogP contribution in [0.4, 0.5) is 0 Å². The lowest BCUT2D eigenvalue weighted by atomic mass is 9.91. The van der Waals surface area contributed by atoms with Crippen LogP contribution in [0.2, 0.25) is 0 Å². The Kier molecular flexibility index (Phi) is 12.4. The van der Waals surface area contributed by atoms with Crippen molar-refractivity contribution in [3.05, 3.63) is 0 Å². The molecule has 2 rings (SSSR count). The summed E-state index contributed by atoms with van der Waals surface area (Å²) in [6.45, 7) is 13.4. The Bertz CT molecular complexity index is 214. The van der Waals surface area contributed by atoms with Crippen LogP contribution in [-0.2, 0) is 0 Å². The van der Waals surface area contributed by atoms with Gasteiger partial charge >= 0.3 is 0 Å². The second kappa shape index (κ2) is 12.5. The fraction of sp³-hybridized carbons (Fsp3) is 1.00.